The van der Waals surface area contributed by atoms with Gasteiger partial charge >= 0.3 is 0 Å². The molecule has 1 amide bonds. The summed E-state index contributed by atoms with van der Waals surface area (Å²) >= 11 is 8.54. The first-order valence-corrected chi connectivity index (χ1v) is 10.3. The second-order valence-corrected chi connectivity index (χ2v) is 8.71. The molecule has 0 bridgehead atoms. The normalized spacial score (nSPS) is 11.4. The van der Waals surface area contributed by atoms with E-state index in [0.29, 0.717) is 19.9 Å². The second-order valence-electron chi connectivity index (χ2n) is 5.98. The summed E-state index contributed by atoms with van der Waals surface area (Å²) < 4.78 is 14.6. The number of thiazole rings is 1. The number of benzene rings is 2. The quantitative estimate of drug-likeness (QED) is 0.289. The van der Waals surface area contributed by atoms with Crippen LogP contribution in [0.5, 0.6) is 0 Å². The van der Waals surface area contributed by atoms with Crippen molar-refractivity contribution in [2.24, 2.45) is 5.10 Å². The second kappa shape index (κ2) is 7.79. The van der Waals surface area contributed by atoms with Crippen molar-refractivity contribution in [3.05, 3.63) is 80.8 Å². The Labute approximate surface area is 173 Å². The average Bonchev–Trinajstić information content (AvgIpc) is 3.29. The monoisotopic (exact) mass is 429 g/mol. The van der Waals surface area contributed by atoms with Crippen LogP contribution in [0.1, 0.15) is 20.8 Å². The summed E-state index contributed by atoms with van der Waals surface area (Å²) in [5, 5.41) is 6.05. The van der Waals surface area contributed by atoms with Crippen molar-refractivity contribution in [2.75, 3.05) is 5.01 Å². The van der Waals surface area contributed by atoms with Gasteiger partial charge in [0.15, 0.2) is 0 Å². The maximum absolute atomic E-state index is 13.1. The van der Waals surface area contributed by atoms with Crippen LogP contribution in [0.4, 0.5) is 9.52 Å². The molecule has 0 aliphatic heterocycles. The molecule has 0 saturated heterocycles. The maximum atomic E-state index is 13.1. The van der Waals surface area contributed by atoms with Gasteiger partial charge < -0.3 is 0 Å². The molecule has 0 spiro atoms. The molecule has 8 heteroatoms. The topological polar surface area (TPSA) is 45.6 Å². The molecule has 28 heavy (non-hydrogen) atoms. The molecule has 0 saturated carbocycles. The summed E-state index contributed by atoms with van der Waals surface area (Å²) in [5.74, 6) is -0.661. The lowest BCUT2D eigenvalue weighted by molar-refractivity contribution is 0.0991. The van der Waals surface area contributed by atoms with Gasteiger partial charge in [-0.3, -0.25) is 4.79 Å². The van der Waals surface area contributed by atoms with Gasteiger partial charge in [-0.15, -0.1) is 11.3 Å². The highest BCUT2D eigenvalue weighted by molar-refractivity contribution is 7.22. The lowest BCUT2D eigenvalue weighted by atomic mass is 10.2. The van der Waals surface area contributed by atoms with Crippen LogP contribution in [0.2, 0.25) is 4.34 Å². The highest BCUT2D eigenvalue weighted by Gasteiger charge is 2.22. The van der Waals surface area contributed by atoms with Gasteiger partial charge in [-0.25, -0.2) is 9.37 Å². The van der Waals surface area contributed by atoms with Gasteiger partial charge in [0.05, 0.1) is 25.6 Å². The Kier molecular flexibility index (Phi) is 5.21. The lowest BCUT2D eigenvalue weighted by Crippen LogP contribution is -2.24. The molecule has 4 rings (SSSR count). The minimum Gasteiger partial charge on any atom is -0.266 e. The smallest absolute Gasteiger partial charge is 0.266 e. The van der Waals surface area contributed by atoms with Crippen LogP contribution < -0.4 is 5.01 Å². The molecule has 0 aliphatic carbocycles. The fourth-order valence-corrected chi connectivity index (χ4v) is 4.49. The third kappa shape index (κ3) is 3.96. The molecular weight excluding hydrogens is 417 g/mol. The number of fused-ring (bicyclic) bond motifs is 1. The summed E-state index contributed by atoms with van der Waals surface area (Å²) in [6.07, 6.45) is 1.50. The molecule has 2 aromatic carbocycles. The number of hydrogen-bond acceptors (Lipinski definition) is 5. The van der Waals surface area contributed by atoms with Crippen LogP contribution in [0, 0.1) is 12.7 Å². The predicted octanol–water partition coefficient (Wildman–Crippen LogP) is 6.14. The van der Waals surface area contributed by atoms with Crippen LogP contribution in [-0.2, 0) is 0 Å². The summed E-state index contributed by atoms with van der Waals surface area (Å²) in [5.41, 5.74) is 2.57. The number of hydrazone groups is 1. The van der Waals surface area contributed by atoms with Gasteiger partial charge in [0.1, 0.15) is 5.82 Å². The van der Waals surface area contributed by atoms with Gasteiger partial charge in [-0.05, 0) is 54.4 Å². The Hall–Kier alpha value is -2.61. The Morgan fingerprint density at radius 1 is 1.14 bits per heavy atom. The molecule has 0 radical (unpaired) electrons. The number of anilines is 1. The first-order chi connectivity index (χ1) is 13.5. The molecule has 0 unspecified atom stereocenters. The van der Waals surface area contributed by atoms with E-state index in [-0.39, 0.29) is 11.7 Å². The molecule has 0 fully saturated rings. The van der Waals surface area contributed by atoms with Gasteiger partial charge in [0.2, 0.25) is 5.13 Å². The van der Waals surface area contributed by atoms with Gasteiger partial charge in [0.25, 0.3) is 5.91 Å². The Bertz CT molecular complexity index is 1180. The largest absolute Gasteiger partial charge is 0.290 e. The van der Waals surface area contributed by atoms with E-state index in [4.69, 9.17) is 11.6 Å². The summed E-state index contributed by atoms with van der Waals surface area (Å²) in [6, 6.07) is 15.1. The third-order valence-electron chi connectivity index (χ3n) is 3.88. The number of thiophene rings is 1. The zero-order valence-electron chi connectivity index (χ0n) is 14.6. The van der Waals surface area contributed by atoms with E-state index in [1.54, 1.807) is 24.3 Å². The minimum atomic E-state index is -0.333. The lowest BCUT2D eigenvalue weighted by Gasteiger charge is -2.12. The summed E-state index contributed by atoms with van der Waals surface area (Å²) in [4.78, 5) is 18.1. The van der Waals surface area contributed by atoms with Gasteiger partial charge in [-0.2, -0.15) is 10.1 Å². The van der Waals surface area contributed by atoms with Crippen LogP contribution in [0.25, 0.3) is 10.2 Å². The van der Waals surface area contributed by atoms with Crippen molar-refractivity contribution in [3.8, 4) is 0 Å². The van der Waals surface area contributed by atoms with E-state index < -0.39 is 0 Å². The SMILES string of the molecule is Cc1ccc2nc(N(/N=C/c3ccc(F)cc3)C(=O)c3ccc(Cl)s3)sc2c1. The van der Waals surface area contributed by atoms with Crippen molar-refractivity contribution in [2.45, 2.75) is 6.92 Å². The van der Waals surface area contributed by atoms with E-state index in [2.05, 4.69) is 10.1 Å². The fraction of sp³-hybridized carbons (Fsp3) is 0.0500. The van der Waals surface area contributed by atoms with Gasteiger partial charge in [0, 0.05) is 0 Å². The summed E-state index contributed by atoms with van der Waals surface area (Å²) in [6.45, 7) is 2.00. The highest BCUT2D eigenvalue weighted by Crippen LogP contribution is 2.32. The van der Waals surface area contributed by atoms with Gasteiger partial charge in [-0.1, -0.05) is 41.1 Å². The molecule has 0 atom stereocenters. The number of aromatic nitrogens is 1. The molecule has 2 aromatic heterocycles. The first kappa shape index (κ1) is 18.7. The number of carbonyl (C=O) groups is 1. The molecule has 4 aromatic rings. The van der Waals surface area contributed by atoms with E-state index in [1.807, 2.05) is 25.1 Å². The number of carbonyl (C=O) groups excluding carboxylic acids is 1. The molecular formula is C20H13ClFN3OS2. The fourth-order valence-electron chi connectivity index (χ4n) is 2.51. The number of aryl methyl sites for hydroxylation is 1. The zero-order chi connectivity index (χ0) is 19.7. The zero-order valence-corrected chi connectivity index (χ0v) is 17.0. The van der Waals surface area contributed by atoms with Crippen molar-refractivity contribution < 1.29 is 9.18 Å². The van der Waals surface area contributed by atoms with E-state index >= 15 is 0 Å². The molecule has 0 aliphatic rings. The van der Waals surface area contributed by atoms with Crippen LogP contribution >= 0.6 is 34.3 Å². The third-order valence-corrected chi connectivity index (χ3v) is 6.10. The van der Waals surface area contributed by atoms with Crippen LogP contribution in [-0.4, -0.2) is 17.1 Å². The summed E-state index contributed by atoms with van der Waals surface area (Å²) in [7, 11) is 0. The Balaban J connectivity index is 1.75. The minimum absolute atomic E-state index is 0.328. The van der Waals surface area contributed by atoms with E-state index in [1.165, 1.54) is 46.0 Å². The van der Waals surface area contributed by atoms with E-state index in [0.717, 1.165) is 15.8 Å². The first-order valence-electron chi connectivity index (χ1n) is 8.26. The van der Waals surface area contributed by atoms with E-state index in [9.17, 15) is 9.18 Å². The van der Waals surface area contributed by atoms with Crippen LogP contribution in [0.3, 0.4) is 0 Å². The number of nitrogens with zero attached hydrogens (tertiary/aromatic N) is 3. The van der Waals surface area contributed by atoms with Crippen molar-refractivity contribution in [1.82, 2.24) is 4.98 Å². The van der Waals surface area contributed by atoms with Crippen molar-refractivity contribution >= 4 is 61.7 Å². The molecule has 2 heterocycles. The number of rotatable bonds is 4. The standard InChI is InChI=1S/C20H13ClFN3OS2/c1-12-2-7-15-17(10-12)28-20(24-15)25(19(26)16-8-9-18(21)27-16)23-11-13-3-5-14(22)6-4-13/h2-11H,1H3/b23-11+. The maximum Gasteiger partial charge on any atom is 0.290 e. The molecule has 0 N–H and O–H groups in total. The number of amides is 1. The van der Waals surface area contributed by atoms with Crippen LogP contribution in [0.15, 0.2) is 59.7 Å². The average molecular weight is 430 g/mol. The Morgan fingerprint density at radius 2 is 1.93 bits per heavy atom. The number of halogens is 2. The van der Waals surface area contributed by atoms with Crippen molar-refractivity contribution in [1.29, 1.82) is 0 Å². The Morgan fingerprint density at radius 3 is 2.64 bits per heavy atom. The number of hydrogen-bond donors (Lipinski definition) is 0. The highest BCUT2D eigenvalue weighted by atomic mass is 35.5. The molecule has 4 nitrogen and oxygen atoms in total. The van der Waals surface area contributed by atoms with Crippen molar-refractivity contribution in [3.63, 3.8) is 0 Å². The molecule has 140 valence electrons. The predicted molar refractivity (Wildman–Crippen MR) is 114 cm³/mol.